The van der Waals surface area contributed by atoms with Crippen LogP contribution in [-0.4, -0.2) is 111 Å². The minimum Gasteiger partial charge on any atom is -0.323 e. The van der Waals surface area contributed by atoms with E-state index in [1.807, 2.05) is 0 Å². The maximum absolute atomic E-state index is 11.6. The van der Waals surface area contributed by atoms with E-state index in [9.17, 15) is 86.1 Å². The van der Waals surface area contributed by atoms with Crippen molar-refractivity contribution in [3.05, 3.63) is 0 Å². The van der Waals surface area contributed by atoms with Crippen molar-refractivity contribution in [3.8, 4) is 0 Å². The van der Waals surface area contributed by atoms with Gasteiger partial charge in [0.15, 0.2) is 0 Å². The molecule has 1 aromatic rings. The quantitative estimate of drug-likeness (QED) is 0.0821. The standard InChI is InChI=1S/C9H24N6O18P6/c16-34(17,18)1-13(2-35(19,20)21)7-10-8(14(3-36(22,23)24)4-37(25,26)27)12-9(11-7)15(5-38(28,29)30)6-39(31,32)33/h1-6H2,(H2,16,17,18)(H2,19,20,21)(H2,22,23,24)(H2,25,26,27)(H2,28,29,30)(H2,31,32,33). The molecule has 0 atom stereocenters. The van der Waals surface area contributed by atoms with Gasteiger partial charge in [0.1, 0.15) is 37.7 Å². The molecule has 24 nitrogen and oxygen atoms in total. The average molecular weight is 690 g/mol. The van der Waals surface area contributed by atoms with Gasteiger partial charge in [0.05, 0.1) is 0 Å². The van der Waals surface area contributed by atoms with Crippen LogP contribution in [0.15, 0.2) is 0 Å². The molecule has 0 unspecified atom stereocenters. The van der Waals surface area contributed by atoms with Crippen molar-refractivity contribution in [1.82, 2.24) is 15.0 Å². The lowest BCUT2D eigenvalue weighted by atomic mass is 10.7. The number of hydrogen-bond acceptors (Lipinski definition) is 12. The van der Waals surface area contributed by atoms with Gasteiger partial charge in [-0.25, -0.2) is 0 Å². The summed E-state index contributed by atoms with van der Waals surface area (Å²) >= 11 is 0. The molecule has 0 aliphatic heterocycles. The van der Waals surface area contributed by atoms with E-state index in [0.29, 0.717) is 0 Å². The maximum atomic E-state index is 11.6. The fourth-order valence-corrected chi connectivity index (χ4v) is 7.12. The predicted molar refractivity (Wildman–Crippen MR) is 129 cm³/mol. The van der Waals surface area contributed by atoms with Gasteiger partial charge in [-0.15, -0.1) is 0 Å². The van der Waals surface area contributed by atoms with Crippen LogP contribution in [0.3, 0.4) is 0 Å². The molecule has 228 valence electrons. The minimum absolute atomic E-state index is 0.0938. The van der Waals surface area contributed by atoms with E-state index < -0.39 is 101 Å². The number of aromatic nitrogens is 3. The van der Waals surface area contributed by atoms with E-state index in [1.165, 1.54) is 0 Å². The van der Waals surface area contributed by atoms with E-state index in [1.54, 1.807) is 0 Å². The molecule has 0 spiro atoms. The summed E-state index contributed by atoms with van der Waals surface area (Å²) in [6.45, 7) is 0. The molecule has 0 aliphatic carbocycles. The van der Waals surface area contributed by atoms with Crippen LogP contribution >= 0.6 is 45.6 Å². The molecule has 1 heterocycles. The van der Waals surface area contributed by atoms with Gasteiger partial charge in [0.25, 0.3) is 0 Å². The van der Waals surface area contributed by atoms with E-state index in [2.05, 4.69) is 15.0 Å². The molecule has 0 bridgehead atoms. The van der Waals surface area contributed by atoms with Crippen molar-refractivity contribution in [2.45, 2.75) is 0 Å². The Kier molecular flexibility index (Phi) is 11.8. The van der Waals surface area contributed by atoms with Gasteiger partial charge in [-0.2, -0.15) is 15.0 Å². The van der Waals surface area contributed by atoms with Crippen molar-refractivity contribution in [2.24, 2.45) is 0 Å². The second-order valence-corrected chi connectivity index (χ2v) is 17.4. The Bertz CT molecular complexity index is 1070. The van der Waals surface area contributed by atoms with Crippen LogP contribution in [0.25, 0.3) is 0 Å². The second kappa shape index (κ2) is 12.7. The highest BCUT2D eigenvalue weighted by Gasteiger charge is 2.34. The lowest BCUT2D eigenvalue weighted by Gasteiger charge is -2.29. The molecular weight excluding hydrogens is 666 g/mol. The Hall–Kier alpha value is -0.690. The van der Waals surface area contributed by atoms with Gasteiger partial charge in [-0.3, -0.25) is 27.4 Å². The van der Waals surface area contributed by atoms with Crippen LogP contribution in [-0.2, 0) is 27.4 Å². The van der Waals surface area contributed by atoms with E-state index >= 15 is 0 Å². The fraction of sp³-hybridized carbons (Fsp3) is 0.667. The highest BCUT2D eigenvalue weighted by Crippen LogP contribution is 2.46. The topological polar surface area (TPSA) is 394 Å². The molecule has 0 fully saturated rings. The molecular formula is C9H24N6O18P6. The van der Waals surface area contributed by atoms with Gasteiger partial charge in [-0.1, -0.05) is 0 Å². The van der Waals surface area contributed by atoms with Crippen LogP contribution in [0, 0.1) is 0 Å². The lowest BCUT2D eigenvalue weighted by Crippen LogP contribution is -2.34. The van der Waals surface area contributed by atoms with Crippen LogP contribution in [0.5, 0.6) is 0 Å². The lowest BCUT2D eigenvalue weighted by molar-refractivity contribution is 0.362. The zero-order valence-corrected chi connectivity index (χ0v) is 24.3. The first-order valence-electron chi connectivity index (χ1n) is 9.30. The molecule has 1 rings (SSSR count). The second-order valence-electron chi connectivity index (χ2n) is 7.69. The van der Waals surface area contributed by atoms with E-state index in [-0.39, 0.29) is 14.7 Å². The third kappa shape index (κ3) is 16.4. The largest absolute Gasteiger partial charge is 0.344 e. The zero-order chi connectivity index (χ0) is 30.8. The molecule has 1 aromatic heterocycles. The summed E-state index contributed by atoms with van der Waals surface area (Å²) in [6, 6.07) is 0. The number of hydrogen-bond donors (Lipinski definition) is 12. The summed E-state index contributed by atoms with van der Waals surface area (Å²) in [6.07, 6.45) is -9.36. The normalized spacial score (nSPS) is 13.8. The van der Waals surface area contributed by atoms with E-state index in [4.69, 9.17) is 0 Å². The molecule has 0 saturated heterocycles. The summed E-state index contributed by atoms with van der Waals surface area (Å²) in [5.41, 5.74) is 0. The summed E-state index contributed by atoms with van der Waals surface area (Å²) in [5.74, 6) is -3.61. The van der Waals surface area contributed by atoms with Crippen LogP contribution in [0.1, 0.15) is 0 Å². The molecule has 30 heteroatoms. The first kappa shape index (κ1) is 36.3. The first-order valence-corrected chi connectivity index (χ1v) is 20.1. The maximum Gasteiger partial charge on any atom is 0.344 e. The van der Waals surface area contributed by atoms with Gasteiger partial charge >= 0.3 is 45.6 Å². The summed E-state index contributed by atoms with van der Waals surface area (Å²) < 4.78 is 69.5. The molecule has 0 aromatic carbocycles. The Balaban J connectivity index is 4.05. The smallest absolute Gasteiger partial charge is 0.323 e. The Morgan fingerprint density at radius 3 is 0.590 bits per heavy atom. The average Bonchev–Trinajstić information content (AvgIpc) is 2.59. The van der Waals surface area contributed by atoms with Crippen molar-refractivity contribution >= 4 is 63.4 Å². The Labute approximate surface area is 217 Å². The molecule has 0 saturated carbocycles. The van der Waals surface area contributed by atoms with Gasteiger partial charge in [0.2, 0.25) is 17.8 Å². The fourth-order valence-electron chi connectivity index (χ4n) is 2.62. The summed E-state index contributed by atoms with van der Waals surface area (Å²) in [7, 11) is -31.4. The minimum atomic E-state index is -5.23. The third-order valence-corrected chi connectivity index (χ3v) is 7.84. The predicted octanol–water partition coefficient (Wildman–Crippen LogP) is -2.90. The van der Waals surface area contributed by atoms with Crippen molar-refractivity contribution in [2.75, 3.05) is 52.4 Å². The third-order valence-electron chi connectivity index (χ3n) is 3.58. The van der Waals surface area contributed by atoms with Crippen molar-refractivity contribution in [1.29, 1.82) is 0 Å². The van der Waals surface area contributed by atoms with Gasteiger partial charge in [-0.05, 0) is 0 Å². The highest BCUT2D eigenvalue weighted by molar-refractivity contribution is 7.54. The molecule has 0 aliphatic rings. The zero-order valence-electron chi connectivity index (χ0n) is 18.9. The van der Waals surface area contributed by atoms with Crippen LogP contribution < -0.4 is 14.7 Å². The number of nitrogens with zero attached hydrogens (tertiary/aromatic N) is 6. The summed E-state index contributed by atoms with van der Waals surface area (Å²) in [5, 5.41) is 0. The summed E-state index contributed by atoms with van der Waals surface area (Å²) in [4.78, 5) is 123. The van der Waals surface area contributed by atoms with Gasteiger partial charge < -0.3 is 73.4 Å². The molecule has 39 heavy (non-hydrogen) atoms. The Morgan fingerprint density at radius 1 is 0.359 bits per heavy atom. The monoisotopic (exact) mass is 690 g/mol. The number of rotatable bonds is 15. The Morgan fingerprint density at radius 2 is 0.487 bits per heavy atom. The molecule has 0 amide bonds. The van der Waals surface area contributed by atoms with Crippen molar-refractivity contribution in [3.63, 3.8) is 0 Å². The highest BCUT2D eigenvalue weighted by atomic mass is 31.2. The van der Waals surface area contributed by atoms with Gasteiger partial charge in [0, 0.05) is 0 Å². The van der Waals surface area contributed by atoms with Crippen LogP contribution in [0.2, 0.25) is 0 Å². The van der Waals surface area contributed by atoms with Crippen molar-refractivity contribution < 1.29 is 86.1 Å². The molecule has 0 radical (unpaired) electrons. The first-order chi connectivity index (χ1) is 17.0. The SMILES string of the molecule is O=P(O)(O)CN(CP(=O)(O)O)c1nc(N(CP(=O)(O)O)CP(=O)(O)O)nc(N(CP(=O)(O)O)CP(=O)(O)O)n1. The molecule has 12 N–H and O–H groups in total. The van der Waals surface area contributed by atoms with E-state index in [0.717, 1.165) is 0 Å². The van der Waals surface area contributed by atoms with Crippen LogP contribution in [0.4, 0.5) is 17.8 Å². The number of anilines is 3.